The average Bonchev–Trinajstić information content (AvgIpc) is 2.70. The lowest BCUT2D eigenvalue weighted by Gasteiger charge is -2.15. The van der Waals surface area contributed by atoms with Gasteiger partial charge in [-0.05, 0) is 20.8 Å². The monoisotopic (exact) mass is 336 g/mol. The molecule has 1 aromatic rings. The van der Waals surface area contributed by atoms with E-state index in [1.54, 1.807) is 13.8 Å². The summed E-state index contributed by atoms with van der Waals surface area (Å²) in [7, 11) is -4.05. The first kappa shape index (κ1) is 17.3. The summed E-state index contributed by atoms with van der Waals surface area (Å²) in [6, 6.07) is -0.280. The minimum atomic E-state index is -4.05. The number of rotatable bonds is 6. The van der Waals surface area contributed by atoms with Crippen LogP contribution in [0.3, 0.4) is 0 Å². The van der Waals surface area contributed by atoms with Crippen molar-refractivity contribution in [1.82, 2.24) is 10.0 Å². The van der Waals surface area contributed by atoms with Gasteiger partial charge in [-0.15, -0.1) is 0 Å². The molecule has 1 rings (SSSR count). The normalized spacial score (nSPS) is 13.1. The van der Waals surface area contributed by atoms with Gasteiger partial charge in [0, 0.05) is 12.1 Å². The van der Waals surface area contributed by atoms with Crippen molar-refractivity contribution >= 4 is 38.0 Å². The Bertz CT molecular complexity index is 652. The molecule has 0 radical (unpaired) electrons. The van der Waals surface area contributed by atoms with Crippen LogP contribution in [0.15, 0.2) is 10.3 Å². The Morgan fingerprint density at radius 3 is 2.43 bits per heavy atom. The SMILES string of the molecule is CC(C)NC(=O)C(C)NS(=O)(=O)c1cc([N+](=O)[O-])c(N)s1. The van der Waals surface area contributed by atoms with Crippen molar-refractivity contribution in [2.75, 3.05) is 5.73 Å². The van der Waals surface area contributed by atoms with Crippen LogP contribution in [0.2, 0.25) is 0 Å². The van der Waals surface area contributed by atoms with E-state index in [1.165, 1.54) is 6.92 Å². The molecule has 0 spiro atoms. The van der Waals surface area contributed by atoms with Crippen LogP contribution in [0.4, 0.5) is 10.7 Å². The molecule has 0 aliphatic carbocycles. The molecular weight excluding hydrogens is 320 g/mol. The lowest BCUT2D eigenvalue weighted by molar-refractivity contribution is -0.383. The molecule has 0 fully saturated rings. The number of nitro groups is 1. The van der Waals surface area contributed by atoms with Crippen LogP contribution in [0, 0.1) is 10.1 Å². The van der Waals surface area contributed by atoms with Gasteiger partial charge in [-0.25, -0.2) is 8.42 Å². The topological polar surface area (TPSA) is 144 Å². The molecule has 21 heavy (non-hydrogen) atoms. The molecule has 0 aliphatic heterocycles. The summed E-state index contributed by atoms with van der Waals surface area (Å²) in [6.07, 6.45) is 0. The van der Waals surface area contributed by atoms with Gasteiger partial charge in [0.2, 0.25) is 5.91 Å². The number of carbonyl (C=O) groups excluding carboxylic acids is 1. The fraction of sp³-hybridized carbons (Fsp3) is 0.500. The zero-order valence-corrected chi connectivity index (χ0v) is 13.2. The maximum Gasteiger partial charge on any atom is 0.304 e. The number of carbonyl (C=O) groups is 1. The molecule has 0 bridgehead atoms. The summed E-state index contributed by atoms with van der Waals surface area (Å²) in [4.78, 5) is 21.6. The summed E-state index contributed by atoms with van der Waals surface area (Å²) in [5.41, 5.74) is 4.93. The number of nitrogens with two attached hydrogens (primary N) is 1. The van der Waals surface area contributed by atoms with Crippen LogP contribution in [-0.2, 0) is 14.8 Å². The molecule has 118 valence electrons. The minimum absolute atomic E-state index is 0.136. The van der Waals surface area contributed by atoms with Crippen LogP contribution in [0.5, 0.6) is 0 Å². The smallest absolute Gasteiger partial charge is 0.304 e. The van der Waals surface area contributed by atoms with Crippen molar-refractivity contribution in [1.29, 1.82) is 0 Å². The highest BCUT2D eigenvalue weighted by Gasteiger charge is 2.27. The molecule has 1 aromatic heterocycles. The van der Waals surface area contributed by atoms with E-state index in [1.807, 2.05) is 0 Å². The summed E-state index contributed by atoms with van der Waals surface area (Å²) < 4.78 is 26.0. The van der Waals surface area contributed by atoms with E-state index in [0.717, 1.165) is 6.07 Å². The quantitative estimate of drug-likeness (QED) is 0.507. The Balaban J connectivity index is 2.94. The van der Waals surface area contributed by atoms with Gasteiger partial charge >= 0.3 is 5.69 Å². The van der Waals surface area contributed by atoms with Gasteiger partial charge in [-0.3, -0.25) is 14.9 Å². The standard InChI is InChI=1S/C10H16N4O5S2/c1-5(2)12-10(15)6(3)13-21(18,19)8-4-7(14(16)17)9(11)20-8/h4-6,13H,11H2,1-3H3,(H,12,15). The Morgan fingerprint density at radius 1 is 1.43 bits per heavy atom. The first-order valence-corrected chi connectivity index (χ1v) is 8.21. The van der Waals surface area contributed by atoms with E-state index >= 15 is 0 Å². The Kier molecular flexibility index (Phi) is 5.25. The third-order valence-corrected chi connectivity index (χ3v) is 5.30. The van der Waals surface area contributed by atoms with Gasteiger partial charge in [0.15, 0.2) is 5.00 Å². The molecular formula is C10H16N4O5S2. The van der Waals surface area contributed by atoms with Gasteiger partial charge < -0.3 is 11.1 Å². The number of sulfonamides is 1. The highest BCUT2D eigenvalue weighted by Crippen LogP contribution is 2.34. The summed E-state index contributed by atoms with van der Waals surface area (Å²) in [5, 5.41) is 13.0. The number of nitrogens with zero attached hydrogens (tertiary/aromatic N) is 1. The minimum Gasteiger partial charge on any atom is -0.385 e. The fourth-order valence-corrected chi connectivity index (χ4v) is 3.84. The Morgan fingerprint density at radius 2 is 2.00 bits per heavy atom. The second-order valence-corrected chi connectivity index (χ2v) is 7.60. The van der Waals surface area contributed by atoms with Crippen molar-refractivity contribution in [2.45, 2.75) is 37.1 Å². The maximum absolute atomic E-state index is 12.1. The first-order valence-electron chi connectivity index (χ1n) is 5.91. The average molecular weight is 336 g/mol. The van der Waals surface area contributed by atoms with Crippen molar-refractivity contribution in [2.24, 2.45) is 0 Å². The third-order valence-electron chi connectivity index (χ3n) is 2.34. The fourth-order valence-electron chi connectivity index (χ4n) is 1.40. The van der Waals surface area contributed by atoms with Crippen LogP contribution in [-0.4, -0.2) is 31.3 Å². The first-order chi connectivity index (χ1) is 9.54. The van der Waals surface area contributed by atoms with Gasteiger partial charge in [0.05, 0.1) is 11.0 Å². The molecule has 0 saturated carbocycles. The van der Waals surface area contributed by atoms with Crippen molar-refractivity contribution < 1.29 is 18.1 Å². The largest absolute Gasteiger partial charge is 0.385 e. The molecule has 0 aromatic carbocycles. The number of hydrogen-bond donors (Lipinski definition) is 3. The van der Waals surface area contributed by atoms with Crippen molar-refractivity contribution in [3.05, 3.63) is 16.2 Å². The number of thiophene rings is 1. The molecule has 4 N–H and O–H groups in total. The van der Waals surface area contributed by atoms with Crippen LogP contribution >= 0.6 is 11.3 Å². The lowest BCUT2D eigenvalue weighted by Crippen LogP contribution is -2.46. The zero-order chi connectivity index (χ0) is 16.4. The predicted molar refractivity (Wildman–Crippen MR) is 78.4 cm³/mol. The van der Waals surface area contributed by atoms with Gasteiger partial charge in [-0.1, -0.05) is 11.3 Å². The summed E-state index contributed by atoms with van der Waals surface area (Å²) in [6.45, 7) is 4.85. The third kappa shape index (κ3) is 4.37. The predicted octanol–water partition coefficient (Wildman–Crippen LogP) is 0.430. The van der Waals surface area contributed by atoms with E-state index in [-0.39, 0.29) is 15.3 Å². The van der Waals surface area contributed by atoms with Crippen LogP contribution in [0.25, 0.3) is 0 Å². The number of anilines is 1. The van der Waals surface area contributed by atoms with E-state index < -0.39 is 32.6 Å². The number of amides is 1. The van der Waals surface area contributed by atoms with Crippen molar-refractivity contribution in [3.8, 4) is 0 Å². The van der Waals surface area contributed by atoms with Gasteiger partial charge in [0.1, 0.15) is 4.21 Å². The van der Waals surface area contributed by atoms with E-state index in [9.17, 15) is 23.3 Å². The second kappa shape index (κ2) is 6.37. The molecule has 0 aliphatic rings. The number of nitrogen functional groups attached to an aromatic ring is 1. The maximum atomic E-state index is 12.1. The van der Waals surface area contributed by atoms with Gasteiger partial charge in [-0.2, -0.15) is 4.72 Å². The molecule has 1 heterocycles. The van der Waals surface area contributed by atoms with E-state index in [2.05, 4.69) is 10.0 Å². The second-order valence-electron chi connectivity index (χ2n) is 4.58. The summed E-state index contributed by atoms with van der Waals surface area (Å²) >= 11 is 0.571. The molecule has 0 saturated heterocycles. The highest BCUT2D eigenvalue weighted by molar-refractivity contribution is 7.91. The van der Waals surface area contributed by atoms with E-state index in [4.69, 9.17) is 5.73 Å². The molecule has 1 atom stereocenters. The lowest BCUT2D eigenvalue weighted by atomic mass is 10.3. The Hall–Kier alpha value is -1.72. The number of hydrogen-bond acceptors (Lipinski definition) is 7. The van der Waals surface area contributed by atoms with Crippen molar-refractivity contribution in [3.63, 3.8) is 0 Å². The molecule has 1 unspecified atom stereocenters. The molecule has 9 nitrogen and oxygen atoms in total. The number of nitrogens with one attached hydrogen (secondary N) is 2. The van der Waals surface area contributed by atoms with Gasteiger partial charge in [0.25, 0.3) is 10.0 Å². The van der Waals surface area contributed by atoms with E-state index in [0.29, 0.717) is 11.3 Å². The van der Waals surface area contributed by atoms with Crippen LogP contribution in [0.1, 0.15) is 20.8 Å². The zero-order valence-electron chi connectivity index (χ0n) is 11.6. The highest BCUT2D eigenvalue weighted by atomic mass is 32.2. The summed E-state index contributed by atoms with van der Waals surface area (Å²) in [5.74, 6) is -0.493. The molecule has 11 heteroatoms. The van der Waals surface area contributed by atoms with Crippen LogP contribution < -0.4 is 15.8 Å². The Labute approximate surface area is 125 Å². The molecule has 1 amide bonds.